The number of hydrogen-bond acceptors (Lipinski definition) is 2. The van der Waals surface area contributed by atoms with Crippen LogP contribution in [0.3, 0.4) is 0 Å². The van der Waals surface area contributed by atoms with Gasteiger partial charge in [0, 0.05) is 5.41 Å². The zero-order valence-corrected chi connectivity index (χ0v) is 9.76. The van der Waals surface area contributed by atoms with E-state index in [0.29, 0.717) is 0 Å². The van der Waals surface area contributed by atoms with Crippen LogP contribution in [0.25, 0.3) is 0 Å². The first-order valence-electron chi connectivity index (χ1n) is 5.47. The number of aliphatic carboxylic acids is 1. The van der Waals surface area contributed by atoms with Gasteiger partial charge in [-0.1, -0.05) is 20.8 Å². The summed E-state index contributed by atoms with van der Waals surface area (Å²) in [6.45, 7) is 7.62. The van der Waals surface area contributed by atoms with E-state index in [9.17, 15) is 14.7 Å². The van der Waals surface area contributed by atoms with Crippen molar-refractivity contribution in [2.24, 2.45) is 22.2 Å². The van der Waals surface area contributed by atoms with Crippen molar-refractivity contribution in [2.45, 2.75) is 40.5 Å². The predicted octanol–water partition coefficient (Wildman–Crippen LogP) is 2.10. The molecule has 0 aromatic heterocycles. The van der Waals surface area contributed by atoms with E-state index < -0.39 is 16.8 Å². The Morgan fingerprint density at radius 1 is 1.33 bits per heavy atom. The molecule has 3 atom stereocenters. The molecule has 2 aliphatic carbocycles. The summed E-state index contributed by atoms with van der Waals surface area (Å²) in [5.41, 5.74) is -1.78. The molecule has 2 saturated carbocycles. The zero-order valence-electron chi connectivity index (χ0n) is 9.76. The van der Waals surface area contributed by atoms with Crippen LogP contribution in [0.2, 0.25) is 0 Å². The van der Waals surface area contributed by atoms with E-state index in [1.54, 1.807) is 6.92 Å². The maximum Gasteiger partial charge on any atom is 0.317 e. The van der Waals surface area contributed by atoms with Crippen molar-refractivity contribution in [3.8, 4) is 0 Å². The molecule has 0 spiro atoms. The number of carboxylic acids is 1. The lowest BCUT2D eigenvalue weighted by atomic mass is 9.70. The van der Waals surface area contributed by atoms with Gasteiger partial charge in [-0.3, -0.25) is 9.59 Å². The molecule has 0 radical (unpaired) electrons. The number of carbonyl (C=O) groups excluding carboxylic acids is 1. The van der Waals surface area contributed by atoms with Crippen LogP contribution in [0, 0.1) is 22.2 Å². The second-order valence-electron chi connectivity index (χ2n) is 5.98. The Hall–Kier alpha value is -0.860. The minimum absolute atomic E-state index is 0.0139. The average molecular weight is 210 g/mol. The first kappa shape index (κ1) is 10.7. The molecule has 84 valence electrons. The summed E-state index contributed by atoms with van der Waals surface area (Å²) in [6, 6.07) is 0. The molecule has 1 N–H and O–H groups in total. The third kappa shape index (κ3) is 0.837. The minimum Gasteiger partial charge on any atom is -0.480 e. The molecular formula is C12H18O3. The Bertz CT molecular complexity index is 358. The van der Waals surface area contributed by atoms with Gasteiger partial charge in [-0.2, -0.15) is 0 Å². The molecule has 0 heterocycles. The van der Waals surface area contributed by atoms with Crippen LogP contribution in [0.1, 0.15) is 40.5 Å². The van der Waals surface area contributed by atoms with Gasteiger partial charge in [0.15, 0.2) is 5.78 Å². The van der Waals surface area contributed by atoms with Crippen LogP contribution >= 0.6 is 0 Å². The average Bonchev–Trinajstić information content (AvgIpc) is 2.41. The highest BCUT2D eigenvalue weighted by Gasteiger charge is 2.73. The van der Waals surface area contributed by atoms with Crippen molar-refractivity contribution in [2.75, 3.05) is 0 Å². The van der Waals surface area contributed by atoms with Gasteiger partial charge in [0.25, 0.3) is 0 Å². The maximum atomic E-state index is 12.3. The summed E-state index contributed by atoms with van der Waals surface area (Å²) in [5, 5.41) is 9.29. The van der Waals surface area contributed by atoms with E-state index in [1.165, 1.54) is 0 Å². The predicted molar refractivity (Wildman–Crippen MR) is 55.4 cm³/mol. The summed E-state index contributed by atoms with van der Waals surface area (Å²) < 4.78 is 0. The third-order valence-electron chi connectivity index (χ3n) is 5.34. The first-order valence-corrected chi connectivity index (χ1v) is 5.47. The molecule has 0 amide bonds. The zero-order chi connectivity index (χ0) is 11.6. The molecule has 0 aromatic rings. The number of hydrogen-bond donors (Lipinski definition) is 1. The van der Waals surface area contributed by atoms with Crippen molar-refractivity contribution < 1.29 is 14.7 Å². The highest BCUT2D eigenvalue weighted by atomic mass is 16.4. The molecular weight excluding hydrogens is 192 g/mol. The van der Waals surface area contributed by atoms with E-state index in [1.807, 2.05) is 20.8 Å². The Morgan fingerprint density at radius 2 is 1.87 bits per heavy atom. The monoisotopic (exact) mass is 210 g/mol. The normalized spacial score (nSPS) is 47.2. The second-order valence-corrected chi connectivity index (χ2v) is 5.98. The van der Waals surface area contributed by atoms with Gasteiger partial charge in [-0.25, -0.2) is 0 Å². The van der Waals surface area contributed by atoms with Gasteiger partial charge >= 0.3 is 5.97 Å². The second kappa shape index (κ2) is 2.45. The summed E-state index contributed by atoms with van der Waals surface area (Å²) in [4.78, 5) is 23.6. The standard InChI is InChI=1S/C12H18O3/c1-10(2)7-5-6-11(10,3)8(13)12(7,4)9(14)15/h7H,5-6H2,1-4H3,(H,14,15). The van der Waals surface area contributed by atoms with Crippen molar-refractivity contribution in [1.82, 2.24) is 0 Å². The smallest absolute Gasteiger partial charge is 0.317 e. The van der Waals surface area contributed by atoms with Gasteiger partial charge < -0.3 is 5.11 Å². The lowest BCUT2D eigenvalue weighted by Gasteiger charge is -2.32. The fraction of sp³-hybridized carbons (Fsp3) is 0.833. The van der Waals surface area contributed by atoms with E-state index in [-0.39, 0.29) is 17.1 Å². The summed E-state index contributed by atoms with van der Waals surface area (Å²) >= 11 is 0. The fourth-order valence-corrected chi connectivity index (χ4v) is 3.89. The highest BCUT2D eigenvalue weighted by molar-refractivity contribution is 6.09. The Labute approximate surface area is 89.9 Å². The Kier molecular flexibility index (Phi) is 1.74. The van der Waals surface area contributed by atoms with Crippen molar-refractivity contribution in [1.29, 1.82) is 0 Å². The van der Waals surface area contributed by atoms with Crippen LogP contribution in [0.4, 0.5) is 0 Å². The molecule has 2 rings (SSSR count). The molecule has 3 nitrogen and oxygen atoms in total. The number of carbonyl (C=O) groups is 2. The summed E-state index contributed by atoms with van der Waals surface area (Å²) in [7, 11) is 0. The topological polar surface area (TPSA) is 54.4 Å². The summed E-state index contributed by atoms with van der Waals surface area (Å²) in [6.07, 6.45) is 1.70. The highest BCUT2D eigenvalue weighted by Crippen LogP contribution is 2.69. The number of rotatable bonds is 1. The molecule has 2 bridgehead atoms. The van der Waals surface area contributed by atoms with E-state index in [0.717, 1.165) is 12.8 Å². The van der Waals surface area contributed by atoms with Crippen LogP contribution < -0.4 is 0 Å². The van der Waals surface area contributed by atoms with Gasteiger partial charge in [-0.05, 0) is 31.1 Å². The number of fused-ring (bicyclic) bond motifs is 2. The number of ketones is 1. The SMILES string of the molecule is CC1(C(=O)O)C(=O)C2(C)CCC1C2(C)C. The fourth-order valence-electron chi connectivity index (χ4n) is 3.89. The van der Waals surface area contributed by atoms with Crippen LogP contribution in [0.5, 0.6) is 0 Å². The van der Waals surface area contributed by atoms with Gasteiger partial charge in [-0.15, -0.1) is 0 Å². The maximum absolute atomic E-state index is 12.3. The Morgan fingerprint density at radius 3 is 2.13 bits per heavy atom. The van der Waals surface area contributed by atoms with E-state index in [4.69, 9.17) is 0 Å². The van der Waals surface area contributed by atoms with Gasteiger partial charge in [0.1, 0.15) is 5.41 Å². The first-order chi connectivity index (χ1) is 6.69. The van der Waals surface area contributed by atoms with Crippen LogP contribution in [-0.4, -0.2) is 16.9 Å². The summed E-state index contributed by atoms with van der Waals surface area (Å²) in [5.74, 6) is -1.03. The lowest BCUT2D eigenvalue weighted by Crippen LogP contribution is -2.43. The van der Waals surface area contributed by atoms with Crippen molar-refractivity contribution in [3.63, 3.8) is 0 Å². The number of Topliss-reactive ketones (excluding diaryl/α,β-unsaturated/α-hetero) is 1. The minimum atomic E-state index is -1.16. The van der Waals surface area contributed by atoms with E-state index >= 15 is 0 Å². The molecule has 3 unspecified atom stereocenters. The molecule has 2 aliphatic rings. The molecule has 15 heavy (non-hydrogen) atoms. The molecule has 0 aliphatic heterocycles. The molecule has 2 fully saturated rings. The Balaban J connectivity index is 2.61. The van der Waals surface area contributed by atoms with Gasteiger partial charge in [0.05, 0.1) is 0 Å². The lowest BCUT2D eigenvalue weighted by molar-refractivity contribution is -0.158. The molecule has 0 saturated heterocycles. The van der Waals surface area contributed by atoms with Crippen molar-refractivity contribution in [3.05, 3.63) is 0 Å². The van der Waals surface area contributed by atoms with E-state index in [2.05, 4.69) is 0 Å². The number of carboxylic acid groups (broad SMARTS) is 1. The van der Waals surface area contributed by atoms with Gasteiger partial charge in [0.2, 0.25) is 0 Å². The third-order valence-corrected chi connectivity index (χ3v) is 5.34. The quantitative estimate of drug-likeness (QED) is 0.674. The largest absolute Gasteiger partial charge is 0.480 e. The molecule has 3 heteroatoms. The van der Waals surface area contributed by atoms with Crippen LogP contribution in [-0.2, 0) is 9.59 Å². The van der Waals surface area contributed by atoms with Crippen molar-refractivity contribution >= 4 is 11.8 Å². The molecule has 0 aromatic carbocycles. The van der Waals surface area contributed by atoms with Crippen LogP contribution in [0.15, 0.2) is 0 Å².